The molecule has 1 aromatic rings. The number of likely N-dealkylation sites (N-methyl/N-ethyl adjacent to an activating group) is 1. The highest BCUT2D eigenvalue weighted by Gasteiger charge is 2.23. The average Bonchev–Trinajstić information content (AvgIpc) is 2.50. The summed E-state index contributed by atoms with van der Waals surface area (Å²) in [5.74, 6) is 0.880. The maximum absolute atomic E-state index is 3.70. The number of fused-ring (bicyclic) bond motifs is 1. The van der Waals surface area contributed by atoms with Crippen molar-refractivity contribution in [2.24, 2.45) is 5.92 Å². The topological polar surface area (TPSA) is 18.5 Å². The fraction of sp³-hybridized carbons (Fsp3) is 0.667. The van der Waals surface area contributed by atoms with Crippen molar-refractivity contribution in [3.05, 3.63) is 35.4 Å². The molecule has 0 aromatic heterocycles. The van der Waals surface area contributed by atoms with Gasteiger partial charge < -0.3 is 15.1 Å². The smallest absolute Gasteiger partial charge is 0.0452 e. The van der Waals surface area contributed by atoms with Gasteiger partial charge in [0.2, 0.25) is 0 Å². The third-order valence-electron chi connectivity index (χ3n) is 5.12. The fourth-order valence-electron chi connectivity index (χ4n) is 3.83. The van der Waals surface area contributed by atoms with Gasteiger partial charge in [0.25, 0.3) is 0 Å². The molecule has 1 unspecified atom stereocenters. The van der Waals surface area contributed by atoms with E-state index in [2.05, 4.69) is 53.5 Å². The molecule has 3 rings (SSSR count). The van der Waals surface area contributed by atoms with Crippen molar-refractivity contribution < 1.29 is 0 Å². The molecule has 116 valence electrons. The second kappa shape index (κ2) is 6.91. The largest absolute Gasteiger partial charge is 0.309 e. The van der Waals surface area contributed by atoms with Gasteiger partial charge in [-0.25, -0.2) is 0 Å². The van der Waals surface area contributed by atoms with E-state index in [0.29, 0.717) is 6.04 Å². The quantitative estimate of drug-likeness (QED) is 0.915. The first-order valence-electron chi connectivity index (χ1n) is 8.40. The first-order valence-corrected chi connectivity index (χ1v) is 8.40. The van der Waals surface area contributed by atoms with Gasteiger partial charge in [-0.05, 0) is 70.0 Å². The molecule has 2 aliphatic heterocycles. The van der Waals surface area contributed by atoms with Crippen LogP contribution >= 0.6 is 0 Å². The second-order valence-electron chi connectivity index (χ2n) is 6.92. The normalized spacial score (nSPS) is 24.2. The number of nitrogens with one attached hydrogen (secondary N) is 1. The Kier molecular flexibility index (Phi) is 4.94. The third kappa shape index (κ3) is 3.85. The molecule has 2 aliphatic rings. The summed E-state index contributed by atoms with van der Waals surface area (Å²) in [7, 11) is 4.53. The van der Waals surface area contributed by atoms with E-state index in [1.165, 1.54) is 50.0 Å². The van der Waals surface area contributed by atoms with Crippen molar-refractivity contribution in [3.63, 3.8) is 0 Å². The minimum Gasteiger partial charge on any atom is -0.309 e. The van der Waals surface area contributed by atoms with Crippen LogP contribution in [0.5, 0.6) is 0 Å². The lowest BCUT2D eigenvalue weighted by Crippen LogP contribution is -2.41. The Bertz CT molecular complexity index is 452. The molecule has 1 aromatic carbocycles. The molecule has 0 radical (unpaired) electrons. The predicted octanol–water partition coefficient (Wildman–Crippen LogP) is 2.15. The number of benzene rings is 1. The van der Waals surface area contributed by atoms with Crippen molar-refractivity contribution >= 4 is 0 Å². The number of piperidine rings is 1. The minimum atomic E-state index is 0.506. The van der Waals surface area contributed by atoms with Crippen molar-refractivity contribution in [1.82, 2.24) is 15.1 Å². The van der Waals surface area contributed by atoms with Gasteiger partial charge in [0.15, 0.2) is 0 Å². The summed E-state index contributed by atoms with van der Waals surface area (Å²) in [6.45, 7) is 6.02. The van der Waals surface area contributed by atoms with Gasteiger partial charge >= 0.3 is 0 Å². The molecule has 0 spiro atoms. The van der Waals surface area contributed by atoms with E-state index >= 15 is 0 Å². The van der Waals surface area contributed by atoms with Crippen molar-refractivity contribution in [3.8, 4) is 0 Å². The molecular formula is C18H29N3. The lowest BCUT2D eigenvalue weighted by atomic mass is 9.93. The number of hydrogen-bond acceptors (Lipinski definition) is 3. The zero-order valence-corrected chi connectivity index (χ0v) is 13.5. The van der Waals surface area contributed by atoms with Crippen LogP contribution in [-0.4, -0.2) is 56.6 Å². The summed E-state index contributed by atoms with van der Waals surface area (Å²) in [4.78, 5) is 4.99. The van der Waals surface area contributed by atoms with Crippen molar-refractivity contribution in [2.45, 2.75) is 25.3 Å². The molecule has 0 bridgehead atoms. The summed E-state index contributed by atoms with van der Waals surface area (Å²) in [6, 6.07) is 9.45. The van der Waals surface area contributed by atoms with Crippen molar-refractivity contribution in [2.75, 3.05) is 46.8 Å². The highest BCUT2D eigenvalue weighted by atomic mass is 15.1. The van der Waals surface area contributed by atoms with Crippen molar-refractivity contribution in [1.29, 1.82) is 0 Å². The highest BCUT2D eigenvalue weighted by molar-refractivity contribution is 5.32. The lowest BCUT2D eigenvalue weighted by molar-refractivity contribution is 0.168. The molecule has 2 heterocycles. The summed E-state index contributed by atoms with van der Waals surface area (Å²) in [5.41, 5.74) is 3.05. The second-order valence-corrected chi connectivity index (χ2v) is 6.92. The first kappa shape index (κ1) is 15.0. The van der Waals surface area contributed by atoms with E-state index in [9.17, 15) is 0 Å². The van der Waals surface area contributed by atoms with Crippen LogP contribution in [0.2, 0.25) is 0 Å². The first-order chi connectivity index (χ1) is 10.2. The minimum absolute atomic E-state index is 0.506. The zero-order valence-electron chi connectivity index (χ0n) is 13.5. The molecule has 0 amide bonds. The molecule has 3 heteroatoms. The van der Waals surface area contributed by atoms with Gasteiger partial charge in [0, 0.05) is 19.1 Å². The fourth-order valence-corrected chi connectivity index (χ4v) is 3.83. The number of hydrogen-bond donors (Lipinski definition) is 1. The summed E-state index contributed by atoms with van der Waals surface area (Å²) in [6.07, 6.45) is 3.89. The van der Waals surface area contributed by atoms with Crippen LogP contribution in [-0.2, 0) is 6.42 Å². The van der Waals surface area contributed by atoms with E-state index in [-0.39, 0.29) is 0 Å². The Labute approximate surface area is 129 Å². The van der Waals surface area contributed by atoms with E-state index in [0.717, 1.165) is 19.0 Å². The predicted molar refractivity (Wildman–Crippen MR) is 88.6 cm³/mol. The Hall–Kier alpha value is -0.900. The van der Waals surface area contributed by atoms with Gasteiger partial charge in [-0.2, -0.15) is 0 Å². The van der Waals surface area contributed by atoms with Crippen LogP contribution in [0.4, 0.5) is 0 Å². The van der Waals surface area contributed by atoms with E-state index in [1.807, 2.05) is 0 Å². The Morgan fingerprint density at radius 2 is 1.95 bits per heavy atom. The highest BCUT2D eigenvalue weighted by Crippen LogP contribution is 2.24. The molecule has 21 heavy (non-hydrogen) atoms. The molecule has 0 aliphatic carbocycles. The van der Waals surface area contributed by atoms with Crippen LogP contribution in [0.15, 0.2) is 24.3 Å². The van der Waals surface area contributed by atoms with E-state index in [4.69, 9.17) is 0 Å². The summed E-state index contributed by atoms with van der Waals surface area (Å²) in [5, 5.41) is 3.70. The maximum atomic E-state index is 3.70. The third-order valence-corrected chi connectivity index (χ3v) is 5.12. The number of likely N-dealkylation sites (tertiary alicyclic amines) is 1. The molecule has 1 atom stereocenters. The average molecular weight is 287 g/mol. The van der Waals surface area contributed by atoms with Gasteiger partial charge in [-0.1, -0.05) is 24.3 Å². The standard InChI is InChI=1S/C18H29N3/c1-20-11-8-15(9-12-20)13-21(2)14-18-17-6-4-3-5-16(17)7-10-19-18/h3-6,15,18-19H,7-14H2,1-2H3. The lowest BCUT2D eigenvalue weighted by Gasteiger charge is -2.34. The van der Waals surface area contributed by atoms with Crippen LogP contribution in [0.25, 0.3) is 0 Å². The SMILES string of the molecule is CN1CCC(CN(C)CC2NCCc3ccccc32)CC1. The molecular weight excluding hydrogens is 258 g/mol. The molecule has 0 saturated carbocycles. The summed E-state index contributed by atoms with van der Waals surface area (Å²) >= 11 is 0. The van der Waals surface area contributed by atoms with Gasteiger partial charge in [0.1, 0.15) is 0 Å². The molecule has 1 saturated heterocycles. The van der Waals surface area contributed by atoms with E-state index < -0.39 is 0 Å². The number of rotatable bonds is 4. The molecule has 1 fully saturated rings. The Morgan fingerprint density at radius 3 is 2.76 bits per heavy atom. The van der Waals surface area contributed by atoms with E-state index in [1.54, 1.807) is 0 Å². The molecule has 1 N–H and O–H groups in total. The number of nitrogens with zero attached hydrogens (tertiary/aromatic N) is 2. The zero-order chi connectivity index (χ0) is 14.7. The monoisotopic (exact) mass is 287 g/mol. The van der Waals surface area contributed by atoms with Crippen LogP contribution in [0.3, 0.4) is 0 Å². The van der Waals surface area contributed by atoms with Gasteiger partial charge in [-0.15, -0.1) is 0 Å². The molecule has 3 nitrogen and oxygen atoms in total. The van der Waals surface area contributed by atoms with Gasteiger partial charge in [0.05, 0.1) is 0 Å². The van der Waals surface area contributed by atoms with Crippen LogP contribution in [0, 0.1) is 5.92 Å². The van der Waals surface area contributed by atoms with Gasteiger partial charge in [-0.3, -0.25) is 0 Å². The van der Waals surface area contributed by atoms with Crippen LogP contribution < -0.4 is 5.32 Å². The maximum Gasteiger partial charge on any atom is 0.0452 e. The Balaban J connectivity index is 1.54. The summed E-state index contributed by atoms with van der Waals surface area (Å²) < 4.78 is 0. The Morgan fingerprint density at radius 1 is 1.19 bits per heavy atom. The van der Waals surface area contributed by atoms with Crippen LogP contribution in [0.1, 0.15) is 30.0 Å².